The van der Waals surface area contributed by atoms with Crippen LogP contribution in [0, 0.1) is 0 Å². The second-order valence-electron chi connectivity index (χ2n) is 28.6. The SMILES string of the molecule is CNC(=O)OCC1COCCOCCOCCOCCOCCOCCO1.NNC(=O)OCC1COCCOCCOCCO1.NNC(=O)OCC1COCCOCCOCCOCCO1.NNC(=O)OCC1COCCOCCOCCOCCOCCO1.NNC(=O)OCc1ccc2c(c1)OCCOCCOCCO2.NNC(=O)OCc1ccc2c(c1)OCCOCCOCCOCCOCCOCCO2. The van der Waals surface area contributed by atoms with Crippen LogP contribution in [-0.2, 0) is 179 Å². The molecule has 6 aliphatic heterocycles. The van der Waals surface area contributed by atoms with Gasteiger partial charge in [0, 0.05) is 7.05 Å². The number of carbonyl (C=O) groups excluding carboxylic acids is 6. The largest absolute Gasteiger partial charge is 0.487 e. The zero-order valence-corrected chi connectivity index (χ0v) is 82.3. The number of carbonyl (C=O) groups is 6. The van der Waals surface area contributed by atoms with E-state index < -0.39 is 42.7 Å². The van der Waals surface area contributed by atoms with Gasteiger partial charge in [0.1, 0.15) is 90.5 Å². The molecule has 56 nitrogen and oxygen atoms in total. The lowest BCUT2D eigenvalue weighted by Crippen LogP contribution is -2.35. The van der Waals surface area contributed by atoms with Crippen LogP contribution in [-0.4, -0.2) is 478 Å². The smallest absolute Gasteiger partial charge is 0.421 e. The zero-order valence-electron chi connectivity index (χ0n) is 82.3. The summed E-state index contributed by atoms with van der Waals surface area (Å²) in [6.45, 7) is 26.7. The van der Waals surface area contributed by atoms with Crippen molar-refractivity contribution in [3.63, 3.8) is 0 Å². The molecule has 0 radical (unpaired) electrons. The second kappa shape index (κ2) is 98.6. The Bertz CT molecular complexity index is 3230. The Hall–Kier alpha value is -8.10. The molecule has 6 aliphatic rings. The summed E-state index contributed by atoms with van der Waals surface area (Å²) in [5, 5.41) is 2.39. The number of benzene rings is 2. The van der Waals surface area contributed by atoms with E-state index in [2.05, 4.69) is 5.32 Å². The maximum atomic E-state index is 11.2. The number of rotatable bonds is 12. The number of hydrogen-bond donors (Lipinski definition) is 11. The van der Waals surface area contributed by atoms with Gasteiger partial charge in [-0.1, -0.05) is 12.1 Å². The molecule has 6 heterocycles. The summed E-state index contributed by atoms with van der Waals surface area (Å²) < 4.78 is 209. The van der Waals surface area contributed by atoms with E-state index in [1.165, 1.54) is 7.05 Å². The van der Waals surface area contributed by atoms with Gasteiger partial charge in [-0.2, -0.15) is 0 Å². The molecule has 2 aromatic rings. The third-order valence-corrected chi connectivity index (χ3v) is 17.7. The fourth-order valence-electron chi connectivity index (χ4n) is 10.8. The second-order valence-corrected chi connectivity index (χ2v) is 28.6. The molecular weight excluding hydrogens is 1920 g/mol. The van der Waals surface area contributed by atoms with Gasteiger partial charge < -0.3 is 190 Å². The predicted molar refractivity (Wildman–Crippen MR) is 496 cm³/mol. The number of hydrogen-bond acceptors (Lipinski definition) is 50. The monoisotopic (exact) mass is 2080 g/mol. The molecule has 0 aromatic heterocycles. The molecule has 2 aromatic carbocycles. The third kappa shape index (κ3) is 81.7. The molecule has 4 saturated heterocycles. The molecule has 830 valence electrons. The minimum Gasteiger partial charge on any atom is -0.487 e. The van der Waals surface area contributed by atoms with Crippen molar-refractivity contribution in [2.24, 2.45) is 29.2 Å². The van der Waals surface area contributed by atoms with E-state index >= 15 is 0 Å². The Morgan fingerprint density at radius 2 is 0.378 bits per heavy atom. The van der Waals surface area contributed by atoms with Crippen molar-refractivity contribution in [1.29, 1.82) is 0 Å². The Labute approximate surface area is 833 Å². The van der Waals surface area contributed by atoms with Crippen LogP contribution in [0.1, 0.15) is 11.1 Å². The first-order valence-electron chi connectivity index (χ1n) is 47.1. The molecule has 16 N–H and O–H groups in total. The molecule has 4 atom stereocenters. The lowest BCUT2D eigenvalue weighted by molar-refractivity contribution is -0.0815. The molecule has 0 spiro atoms. The molecule has 0 saturated carbocycles. The summed E-state index contributed by atoms with van der Waals surface area (Å²) in [5.41, 5.74) is 10.9. The topological polar surface area (TPSA) is 665 Å². The quantitative estimate of drug-likeness (QED) is 0.0485. The maximum Gasteiger partial charge on any atom is 0.421 e. The predicted octanol–water partition coefficient (Wildman–Crippen LogP) is -1.77. The van der Waals surface area contributed by atoms with Crippen LogP contribution < -0.4 is 80.6 Å². The summed E-state index contributed by atoms with van der Waals surface area (Å²) in [4.78, 5) is 66.2. The minimum absolute atomic E-state index is 0.0286. The van der Waals surface area contributed by atoms with Crippen molar-refractivity contribution in [2.75, 3.05) is 417 Å². The van der Waals surface area contributed by atoms with Crippen LogP contribution in [0.3, 0.4) is 0 Å². The van der Waals surface area contributed by atoms with Crippen LogP contribution in [0.4, 0.5) is 28.8 Å². The molecule has 56 heteroatoms. The molecule has 143 heavy (non-hydrogen) atoms. The standard InChI is InChI=1S/C20H32N2O9.C17H33NO9.C14H28N2O8.C14H20N2O6.C12H24N2O7.C10H20N2O6/c21-22-20(23)31-16-17-1-2-18-19(15-17)30-14-12-28-10-8-26-6-4-24-3-5-25-7-9-27-11-13-29-18;1-18-17(19)27-15-16-14-25-11-10-23-7-6-21-3-2-20-4-5-22-8-9-24-12-13-26-16;15-16-14(17)24-12-13-11-22-8-7-20-4-3-18-1-2-19-5-6-21-9-10-23-13;15-16-14(17)22-10-11-1-2-12-13(9-11)21-8-6-19-4-3-18-5-7-20-12;13-14-12(15)21-10-11-9-19-6-5-17-2-1-16-3-4-18-7-8-20-11;11-12-10(13)18-8-9-7-16-4-3-14-1-2-15-5-6-17-9/h1-2,15H,3-14,16,21H2,(H,22,23);16H,2-15H2,1H3,(H,18,19);13H,1-12,15H2,(H,16,17);1-2,9H,3-8,10,15H2,(H,16,17);11H,1-10,13H2,(H,14,15);9H,1-8,11H2,(H,12,13). The van der Waals surface area contributed by atoms with Crippen LogP contribution in [0.2, 0.25) is 0 Å². The fourth-order valence-corrected chi connectivity index (χ4v) is 10.8. The first-order chi connectivity index (χ1) is 70.4. The highest BCUT2D eigenvalue weighted by atomic mass is 16.7. The first-order valence-corrected chi connectivity index (χ1v) is 47.1. The van der Waals surface area contributed by atoms with Gasteiger partial charge in [0.2, 0.25) is 0 Å². The van der Waals surface area contributed by atoms with Crippen LogP contribution >= 0.6 is 0 Å². The molecule has 6 amide bonds. The number of amides is 6. The molecule has 0 bridgehead atoms. The van der Waals surface area contributed by atoms with Crippen LogP contribution in [0.15, 0.2) is 36.4 Å². The van der Waals surface area contributed by atoms with Gasteiger partial charge in [-0.05, 0) is 35.4 Å². The minimum atomic E-state index is -0.727. The highest BCUT2D eigenvalue weighted by molar-refractivity contribution is 5.68. The van der Waals surface area contributed by atoms with Crippen molar-refractivity contribution in [2.45, 2.75) is 37.6 Å². The van der Waals surface area contributed by atoms with Gasteiger partial charge in [0.15, 0.2) is 23.0 Å². The number of fused-ring (bicyclic) bond motifs is 2. The highest BCUT2D eigenvalue weighted by Gasteiger charge is 2.20. The molecule has 4 unspecified atom stereocenters. The van der Waals surface area contributed by atoms with Gasteiger partial charge in [-0.15, -0.1) is 0 Å². The summed E-state index contributed by atoms with van der Waals surface area (Å²) in [6.07, 6.45) is -5.59. The van der Waals surface area contributed by atoms with E-state index in [-0.39, 0.29) is 77.8 Å². The van der Waals surface area contributed by atoms with E-state index in [1.807, 2.05) is 27.1 Å². The van der Waals surface area contributed by atoms with E-state index in [0.717, 1.165) is 11.1 Å². The Balaban J connectivity index is 0.000000445. The summed E-state index contributed by atoms with van der Waals surface area (Å²) >= 11 is 0. The number of hydrazine groups is 5. The van der Waals surface area contributed by atoms with Crippen molar-refractivity contribution >= 4 is 36.6 Å². The van der Waals surface area contributed by atoms with Crippen molar-refractivity contribution < 1.29 is 214 Å². The third-order valence-electron chi connectivity index (χ3n) is 17.7. The highest BCUT2D eigenvalue weighted by Crippen LogP contribution is 2.30. The summed E-state index contributed by atoms with van der Waals surface area (Å²) in [5.74, 6) is 27.0. The maximum absolute atomic E-state index is 11.2. The number of ether oxygens (including phenoxy) is 39. The van der Waals surface area contributed by atoms with E-state index in [4.69, 9.17) is 214 Å². The average molecular weight is 2080 g/mol. The number of nitrogens with two attached hydrogens (primary N) is 5. The van der Waals surface area contributed by atoms with Gasteiger partial charge in [0.25, 0.3) is 0 Å². The fraction of sp³-hybridized carbons (Fsp3) is 0.793. The van der Waals surface area contributed by atoms with Gasteiger partial charge in [-0.3, -0.25) is 27.1 Å². The van der Waals surface area contributed by atoms with Crippen molar-refractivity contribution in [1.82, 2.24) is 32.4 Å². The van der Waals surface area contributed by atoms with Crippen molar-refractivity contribution in [3.05, 3.63) is 47.5 Å². The number of alkyl carbamates (subject to hydrolysis) is 1. The zero-order chi connectivity index (χ0) is 103. The van der Waals surface area contributed by atoms with E-state index in [9.17, 15) is 28.8 Å². The molecule has 8 rings (SSSR count). The summed E-state index contributed by atoms with van der Waals surface area (Å²) in [7, 11) is 1.50. The molecule has 0 aliphatic carbocycles. The van der Waals surface area contributed by atoms with Gasteiger partial charge in [-0.25, -0.2) is 58.0 Å². The van der Waals surface area contributed by atoms with E-state index in [1.54, 1.807) is 36.4 Å². The Morgan fingerprint density at radius 1 is 0.217 bits per heavy atom. The van der Waals surface area contributed by atoms with Gasteiger partial charge >= 0.3 is 36.6 Å². The average Bonchev–Trinajstić information content (AvgIpc) is 0.881. The van der Waals surface area contributed by atoms with Crippen LogP contribution in [0.25, 0.3) is 0 Å². The molecular formula is C87H157N11O45. The van der Waals surface area contributed by atoms with Gasteiger partial charge in [0.05, 0.1) is 357 Å². The van der Waals surface area contributed by atoms with E-state index in [0.29, 0.717) is 386 Å². The summed E-state index contributed by atoms with van der Waals surface area (Å²) in [6, 6.07) is 10.6. The Kier molecular flexibility index (Phi) is 89.0. The van der Waals surface area contributed by atoms with Crippen molar-refractivity contribution in [3.8, 4) is 23.0 Å². The lowest BCUT2D eigenvalue weighted by Gasteiger charge is -2.19. The first kappa shape index (κ1) is 129. The normalized spacial score (nSPS) is 21.3. The Morgan fingerprint density at radius 3 is 0.566 bits per heavy atom. The lowest BCUT2D eigenvalue weighted by atomic mass is 10.2. The molecule has 4 fully saturated rings. The van der Waals surface area contributed by atoms with Crippen LogP contribution in [0.5, 0.6) is 23.0 Å². The number of nitrogens with one attached hydrogen (secondary N) is 6.